The molecule has 0 aliphatic carbocycles. The van der Waals surface area contributed by atoms with Crippen molar-refractivity contribution in [1.29, 1.82) is 0 Å². The largest absolute Gasteiger partial charge is 0.349 e. The van der Waals surface area contributed by atoms with Gasteiger partial charge in [0.2, 0.25) is 11.8 Å². The van der Waals surface area contributed by atoms with Gasteiger partial charge in [-0.15, -0.1) is 0 Å². The summed E-state index contributed by atoms with van der Waals surface area (Å²) in [5, 5.41) is 2.72. The van der Waals surface area contributed by atoms with E-state index < -0.39 is 0 Å². The van der Waals surface area contributed by atoms with E-state index in [4.69, 9.17) is 0 Å². The number of nitrogens with one attached hydrogen (secondary N) is 1. The molecule has 1 aromatic rings. The van der Waals surface area contributed by atoms with Crippen LogP contribution in [0.25, 0.3) is 0 Å². The van der Waals surface area contributed by atoms with Gasteiger partial charge >= 0.3 is 0 Å². The van der Waals surface area contributed by atoms with Gasteiger partial charge < -0.3 is 10.2 Å². The Bertz CT molecular complexity index is 516. The fourth-order valence-corrected chi connectivity index (χ4v) is 2.48. The van der Waals surface area contributed by atoms with Gasteiger partial charge in [0.25, 0.3) is 0 Å². The number of amides is 2. The number of rotatable bonds is 4. The average molecular weight is 293 g/mol. The molecule has 1 aliphatic heterocycles. The zero-order valence-electron chi connectivity index (χ0n) is 12.3. The highest BCUT2D eigenvalue weighted by molar-refractivity contribution is 5.92. The first-order chi connectivity index (χ1) is 9.95. The van der Waals surface area contributed by atoms with E-state index in [-0.39, 0.29) is 30.1 Å². The molecule has 0 bridgehead atoms. The molecular formula is C15H20FN3O2. The number of anilines is 1. The fourth-order valence-electron chi connectivity index (χ4n) is 2.48. The van der Waals surface area contributed by atoms with E-state index >= 15 is 0 Å². The van der Waals surface area contributed by atoms with Crippen LogP contribution in [0, 0.1) is 11.7 Å². The normalized spacial score (nSPS) is 18.5. The molecule has 21 heavy (non-hydrogen) atoms. The fraction of sp³-hybridized carbons (Fsp3) is 0.467. The Kier molecular flexibility index (Phi) is 4.90. The average Bonchev–Trinajstić information content (AvgIpc) is 2.88. The lowest BCUT2D eigenvalue weighted by atomic mass is 10.1. The predicted molar refractivity (Wildman–Crippen MR) is 78.3 cm³/mol. The number of hydrogen-bond acceptors (Lipinski definition) is 3. The highest BCUT2D eigenvalue weighted by Gasteiger charge is 2.30. The molecule has 1 heterocycles. The van der Waals surface area contributed by atoms with Crippen molar-refractivity contribution in [3.8, 4) is 0 Å². The van der Waals surface area contributed by atoms with E-state index in [1.165, 1.54) is 24.3 Å². The van der Waals surface area contributed by atoms with Crippen LogP contribution in [0.5, 0.6) is 0 Å². The maximum atomic E-state index is 12.8. The smallest absolute Gasteiger partial charge is 0.238 e. The van der Waals surface area contributed by atoms with Crippen LogP contribution in [-0.2, 0) is 9.59 Å². The first-order valence-electron chi connectivity index (χ1n) is 6.94. The summed E-state index contributed by atoms with van der Waals surface area (Å²) in [6.45, 7) is 1.59. The van der Waals surface area contributed by atoms with Crippen molar-refractivity contribution in [3.63, 3.8) is 0 Å². The van der Waals surface area contributed by atoms with Gasteiger partial charge in [-0.1, -0.05) is 0 Å². The summed E-state index contributed by atoms with van der Waals surface area (Å²) in [4.78, 5) is 27.3. The van der Waals surface area contributed by atoms with Crippen molar-refractivity contribution in [2.24, 2.45) is 5.92 Å². The molecule has 1 aliphatic rings. The zero-order valence-corrected chi connectivity index (χ0v) is 12.3. The third-order valence-electron chi connectivity index (χ3n) is 3.56. The van der Waals surface area contributed by atoms with Crippen LogP contribution in [0.2, 0.25) is 0 Å². The Morgan fingerprint density at radius 2 is 2.00 bits per heavy atom. The molecule has 0 spiro atoms. The second-order valence-electron chi connectivity index (χ2n) is 5.51. The summed E-state index contributed by atoms with van der Waals surface area (Å²) in [6, 6.07) is 5.65. The first-order valence-corrected chi connectivity index (χ1v) is 6.94. The first kappa shape index (κ1) is 15.4. The van der Waals surface area contributed by atoms with Crippen molar-refractivity contribution >= 4 is 17.5 Å². The molecule has 114 valence electrons. The van der Waals surface area contributed by atoms with Gasteiger partial charge in [0.1, 0.15) is 5.82 Å². The van der Waals surface area contributed by atoms with Crippen LogP contribution < -0.4 is 5.32 Å². The SMILES string of the molecule is CN(C)C(=O)C1CCN(CC(=O)Nc2ccc(F)cc2)C1. The minimum Gasteiger partial charge on any atom is -0.349 e. The van der Waals surface area contributed by atoms with Crippen LogP contribution in [0.1, 0.15) is 6.42 Å². The third-order valence-corrected chi connectivity index (χ3v) is 3.56. The Morgan fingerprint density at radius 1 is 1.33 bits per heavy atom. The van der Waals surface area contributed by atoms with Gasteiger partial charge in [0.05, 0.1) is 12.5 Å². The monoisotopic (exact) mass is 293 g/mol. The number of hydrogen-bond donors (Lipinski definition) is 1. The molecule has 1 fully saturated rings. The van der Waals surface area contributed by atoms with Gasteiger partial charge in [-0.3, -0.25) is 14.5 Å². The van der Waals surface area contributed by atoms with E-state index in [9.17, 15) is 14.0 Å². The van der Waals surface area contributed by atoms with Crippen LogP contribution in [0.3, 0.4) is 0 Å². The second kappa shape index (κ2) is 6.67. The van der Waals surface area contributed by atoms with E-state index in [1.807, 2.05) is 4.90 Å². The lowest BCUT2D eigenvalue weighted by Gasteiger charge is -2.17. The molecule has 0 aromatic heterocycles. The molecule has 2 amide bonds. The van der Waals surface area contributed by atoms with Gasteiger partial charge in [-0.05, 0) is 37.2 Å². The van der Waals surface area contributed by atoms with Gasteiger partial charge in [0.15, 0.2) is 0 Å². The number of carbonyl (C=O) groups excluding carboxylic acids is 2. The number of halogens is 1. The molecule has 0 saturated carbocycles. The maximum absolute atomic E-state index is 12.8. The Labute approximate surface area is 123 Å². The van der Waals surface area contributed by atoms with E-state index in [0.29, 0.717) is 12.2 Å². The molecule has 0 radical (unpaired) electrons. The molecule has 5 nitrogen and oxygen atoms in total. The highest BCUT2D eigenvalue weighted by Crippen LogP contribution is 2.18. The summed E-state index contributed by atoms with van der Waals surface area (Å²) in [5.74, 6) is -0.410. The number of nitrogens with zero attached hydrogens (tertiary/aromatic N) is 2. The van der Waals surface area contributed by atoms with Gasteiger partial charge in [-0.2, -0.15) is 0 Å². The molecule has 1 saturated heterocycles. The van der Waals surface area contributed by atoms with Crippen molar-refractivity contribution in [1.82, 2.24) is 9.80 Å². The van der Waals surface area contributed by atoms with Crippen LogP contribution >= 0.6 is 0 Å². The highest BCUT2D eigenvalue weighted by atomic mass is 19.1. The summed E-state index contributed by atoms with van der Waals surface area (Å²) in [6.07, 6.45) is 0.779. The van der Waals surface area contributed by atoms with Crippen molar-refractivity contribution in [2.75, 3.05) is 39.0 Å². The predicted octanol–water partition coefficient (Wildman–Crippen LogP) is 1.17. The summed E-state index contributed by atoms with van der Waals surface area (Å²) < 4.78 is 12.8. The van der Waals surface area contributed by atoms with Gasteiger partial charge in [0, 0.05) is 26.3 Å². The standard InChI is InChI=1S/C15H20FN3O2/c1-18(2)15(21)11-7-8-19(9-11)10-14(20)17-13-5-3-12(16)4-6-13/h3-6,11H,7-10H2,1-2H3,(H,17,20). The number of carbonyl (C=O) groups is 2. The van der Waals surface area contributed by atoms with Crippen LogP contribution in [-0.4, -0.2) is 55.3 Å². The van der Waals surface area contributed by atoms with Crippen molar-refractivity contribution in [2.45, 2.75) is 6.42 Å². The molecule has 1 unspecified atom stereocenters. The minimum absolute atomic E-state index is 0.0291. The molecule has 1 aromatic carbocycles. The summed E-state index contributed by atoms with van der Waals surface area (Å²) >= 11 is 0. The maximum Gasteiger partial charge on any atom is 0.238 e. The summed E-state index contributed by atoms with van der Waals surface area (Å²) in [7, 11) is 3.48. The molecular weight excluding hydrogens is 273 g/mol. The Morgan fingerprint density at radius 3 is 2.62 bits per heavy atom. The van der Waals surface area contributed by atoms with E-state index in [1.54, 1.807) is 19.0 Å². The topological polar surface area (TPSA) is 52.7 Å². The van der Waals surface area contributed by atoms with Crippen molar-refractivity contribution < 1.29 is 14.0 Å². The Hall–Kier alpha value is -1.95. The molecule has 2 rings (SSSR count). The lowest BCUT2D eigenvalue weighted by Crippen LogP contribution is -2.35. The van der Waals surface area contributed by atoms with Crippen LogP contribution in [0.4, 0.5) is 10.1 Å². The number of likely N-dealkylation sites (tertiary alicyclic amines) is 1. The Balaban J connectivity index is 1.81. The second-order valence-corrected chi connectivity index (χ2v) is 5.51. The van der Waals surface area contributed by atoms with Crippen molar-refractivity contribution in [3.05, 3.63) is 30.1 Å². The summed E-state index contributed by atoms with van der Waals surface area (Å²) in [5.41, 5.74) is 0.571. The quantitative estimate of drug-likeness (QED) is 0.907. The lowest BCUT2D eigenvalue weighted by molar-refractivity contribution is -0.132. The minimum atomic E-state index is -0.336. The molecule has 1 atom stereocenters. The third kappa shape index (κ3) is 4.26. The number of benzene rings is 1. The molecule has 1 N–H and O–H groups in total. The zero-order chi connectivity index (χ0) is 15.4. The van der Waals surface area contributed by atoms with E-state index in [0.717, 1.165) is 13.0 Å². The van der Waals surface area contributed by atoms with Crippen LogP contribution in [0.15, 0.2) is 24.3 Å². The van der Waals surface area contributed by atoms with E-state index in [2.05, 4.69) is 5.32 Å². The van der Waals surface area contributed by atoms with Gasteiger partial charge in [-0.25, -0.2) is 4.39 Å². The molecule has 6 heteroatoms.